The predicted molar refractivity (Wildman–Crippen MR) is 103 cm³/mol. The van der Waals surface area contributed by atoms with E-state index in [1.165, 1.54) is 5.56 Å². The van der Waals surface area contributed by atoms with E-state index in [0.29, 0.717) is 18.1 Å². The smallest absolute Gasteiger partial charge is 0.255 e. The molecule has 0 atom stereocenters. The number of carbonyl (C=O) groups excluding carboxylic acids is 1. The number of benzene rings is 2. The lowest BCUT2D eigenvalue weighted by Gasteiger charge is -2.12. The first-order valence-electron chi connectivity index (χ1n) is 8.17. The molecular formula is C20H24BrNO2. The van der Waals surface area contributed by atoms with Crippen molar-refractivity contribution in [2.45, 2.75) is 34.1 Å². The van der Waals surface area contributed by atoms with Gasteiger partial charge in [0.05, 0.1) is 11.1 Å². The SMILES string of the molecule is Cc1ccc(NC(=O)c2ccc(OCCC(C)C)c(Br)c2)c(C)c1. The van der Waals surface area contributed by atoms with Crippen LogP contribution in [-0.2, 0) is 0 Å². The molecular weight excluding hydrogens is 366 g/mol. The van der Waals surface area contributed by atoms with Crippen LogP contribution in [0.1, 0.15) is 41.8 Å². The van der Waals surface area contributed by atoms with Gasteiger partial charge in [0.25, 0.3) is 5.91 Å². The van der Waals surface area contributed by atoms with Crippen molar-refractivity contribution in [1.29, 1.82) is 0 Å². The molecule has 128 valence electrons. The number of anilines is 1. The van der Waals surface area contributed by atoms with Crippen molar-refractivity contribution < 1.29 is 9.53 Å². The van der Waals surface area contributed by atoms with E-state index in [4.69, 9.17) is 4.74 Å². The Morgan fingerprint density at radius 1 is 1.17 bits per heavy atom. The van der Waals surface area contributed by atoms with Crippen molar-refractivity contribution in [2.75, 3.05) is 11.9 Å². The highest BCUT2D eigenvalue weighted by atomic mass is 79.9. The summed E-state index contributed by atoms with van der Waals surface area (Å²) >= 11 is 3.49. The third-order valence-corrected chi connectivity index (χ3v) is 4.40. The molecule has 0 aliphatic rings. The molecule has 2 rings (SSSR count). The van der Waals surface area contributed by atoms with Gasteiger partial charge in [0.15, 0.2) is 0 Å². The van der Waals surface area contributed by atoms with Crippen molar-refractivity contribution in [3.05, 3.63) is 57.6 Å². The fourth-order valence-corrected chi connectivity index (χ4v) is 2.81. The van der Waals surface area contributed by atoms with Gasteiger partial charge >= 0.3 is 0 Å². The normalized spacial score (nSPS) is 10.8. The van der Waals surface area contributed by atoms with Gasteiger partial charge in [-0.2, -0.15) is 0 Å². The van der Waals surface area contributed by atoms with Gasteiger partial charge in [-0.3, -0.25) is 4.79 Å². The molecule has 2 aromatic carbocycles. The first kappa shape index (κ1) is 18.5. The van der Waals surface area contributed by atoms with Crippen LogP contribution in [0.25, 0.3) is 0 Å². The molecule has 1 amide bonds. The summed E-state index contributed by atoms with van der Waals surface area (Å²) in [6.45, 7) is 9.03. The Kier molecular flexibility index (Phi) is 6.44. The van der Waals surface area contributed by atoms with Gasteiger partial charge in [-0.1, -0.05) is 31.5 Å². The molecule has 0 heterocycles. The lowest BCUT2D eigenvalue weighted by atomic mass is 10.1. The van der Waals surface area contributed by atoms with E-state index in [0.717, 1.165) is 27.9 Å². The van der Waals surface area contributed by atoms with Crippen molar-refractivity contribution in [1.82, 2.24) is 0 Å². The largest absolute Gasteiger partial charge is 0.492 e. The number of hydrogen-bond acceptors (Lipinski definition) is 2. The summed E-state index contributed by atoms with van der Waals surface area (Å²) in [6.07, 6.45) is 1.00. The van der Waals surface area contributed by atoms with E-state index in [1.807, 2.05) is 32.0 Å². The molecule has 0 saturated carbocycles. The van der Waals surface area contributed by atoms with Crippen molar-refractivity contribution in [2.24, 2.45) is 5.92 Å². The molecule has 1 N–H and O–H groups in total. The summed E-state index contributed by atoms with van der Waals surface area (Å²) in [6, 6.07) is 11.4. The number of carbonyl (C=O) groups is 1. The van der Waals surface area contributed by atoms with Gasteiger partial charge in [-0.25, -0.2) is 0 Å². The summed E-state index contributed by atoms with van der Waals surface area (Å²) in [5.41, 5.74) is 3.66. The quantitative estimate of drug-likeness (QED) is 0.683. The van der Waals surface area contributed by atoms with Crippen LogP contribution in [0.15, 0.2) is 40.9 Å². The minimum atomic E-state index is -0.128. The third kappa shape index (κ3) is 5.10. The second kappa shape index (κ2) is 8.34. The van der Waals surface area contributed by atoms with Crippen LogP contribution >= 0.6 is 15.9 Å². The molecule has 0 unspecified atom stereocenters. The number of aryl methyl sites for hydroxylation is 2. The maximum Gasteiger partial charge on any atom is 0.255 e. The lowest BCUT2D eigenvalue weighted by molar-refractivity contribution is 0.102. The fourth-order valence-electron chi connectivity index (χ4n) is 2.31. The molecule has 0 bridgehead atoms. The minimum Gasteiger partial charge on any atom is -0.492 e. The van der Waals surface area contributed by atoms with E-state index < -0.39 is 0 Å². The molecule has 3 nitrogen and oxygen atoms in total. The molecule has 0 aliphatic carbocycles. The van der Waals surface area contributed by atoms with Crippen molar-refractivity contribution >= 4 is 27.5 Å². The maximum atomic E-state index is 12.4. The summed E-state index contributed by atoms with van der Waals surface area (Å²) in [7, 11) is 0. The summed E-state index contributed by atoms with van der Waals surface area (Å²) in [4.78, 5) is 12.4. The highest BCUT2D eigenvalue weighted by Gasteiger charge is 2.11. The van der Waals surface area contributed by atoms with Gasteiger partial charge in [0, 0.05) is 11.3 Å². The van der Waals surface area contributed by atoms with Crippen LogP contribution in [0.5, 0.6) is 5.75 Å². The second-order valence-corrected chi connectivity index (χ2v) is 7.30. The molecule has 0 aliphatic heterocycles. The molecule has 0 radical (unpaired) electrons. The predicted octanol–water partition coefficient (Wildman–Crippen LogP) is 5.74. The monoisotopic (exact) mass is 389 g/mol. The second-order valence-electron chi connectivity index (χ2n) is 6.45. The van der Waals surface area contributed by atoms with Crippen LogP contribution in [0, 0.1) is 19.8 Å². The first-order valence-corrected chi connectivity index (χ1v) is 8.97. The topological polar surface area (TPSA) is 38.3 Å². The van der Waals surface area contributed by atoms with Crippen LogP contribution in [0.3, 0.4) is 0 Å². The third-order valence-electron chi connectivity index (χ3n) is 3.78. The highest BCUT2D eigenvalue weighted by molar-refractivity contribution is 9.10. The van der Waals surface area contributed by atoms with Gasteiger partial charge in [-0.05, 0) is 71.9 Å². The van der Waals surface area contributed by atoms with E-state index in [-0.39, 0.29) is 5.91 Å². The Balaban J connectivity index is 2.06. The Morgan fingerprint density at radius 3 is 2.54 bits per heavy atom. The van der Waals surface area contributed by atoms with E-state index >= 15 is 0 Å². The molecule has 4 heteroatoms. The zero-order chi connectivity index (χ0) is 17.7. The summed E-state index contributed by atoms with van der Waals surface area (Å²) < 4.78 is 6.55. The molecule has 0 aromatic heterocycles. The summed E-state index contributed by atoms with van der Waals surface area (Å²) in [5, 5.41) is 2.96. The fraction of sp³-hybridized carbons (Fsp3) is 0.350. The molecule has 0 fully saturated rings. The van der Waals surface area contributed by atoms with Crippen LogP contribution in [0.4, 0.5) is 5.69 Å². The standard InChI is InChI=1S/C20H24BrNO2/c1-13(2)9-10-24-19-8-6-16(12-17(19)21)20(23)22-18-7-5-14(3)11-15(18)4/h5-8,11-13H,9-10H2,1-4H3,(H,22,23). The zero-order valence-electron chi connectivity index (χ0n) is 14.7. The highest BCUT2D eigenvalue weighted by Crippen LogP contribution is 2.27. The number of amides is 1. The Hall–Kier alpha value is -1.81. The van der Waals surface area contributed by atoms with E-state index in [9.17, 15) is 4.79 Å². The van der Waals surface area contributed by atoms with Crippen LogP contribution < -0.4 is 10.1 Å². The minimum absolute atomic E-state index is 0.128. The number of ether oxygens (including phenoxy) is 1. The Morgan fingerprint density at radius 2 is 1.92 bits per heavy atom. The molecule has 0 saturated heterocycles. The zero-order valence-corrected chi connectivity index (χ0v) is 16.2. The Bertz CT molecular complexity index is 726. The van der Waals surface area contributed by atoms with Gasteiger partial charge < -0.3 is 10.1 Å². The van der Waals surface area contributed by atoms with Crippen LogP contribution in [0.2, 0.25) is 0 Å². The molecule has 24 heavy (non-hydrogen) atoms. The molecule has 0 spiro atoms. The van der Waals surface area contributed by atoms with Crippen molar-refractivity contribution in [3.8, 4) is 5.75 Å². The van der Waals surface area contributed by atoms with Crippen molar-refractivity contribution in [3.63, 3.8) is 0 Å². The van der Waals surface area contributed by atoms with E-state index in [2.05, 4.69) is 41.2 Å². The number of rotatable bonds is 6. The number of hydrogen-bond donors (Lipinski definition) is 1. The maximum absolute atomic E-state index is 12.4. The van der Waals surface area contributed by atoms with E-state index in [1.54, 1.807) is 12.1 Å². The summed E-state index contributed by atoms with van der Waals surface area (Å²) in [5.74, 6) is 1.24. The van der Waals surface area contributed by atoms with Gasteiger partial charge in [-0.15, -0.1) is 0 Å². The van der Waals surface area contributed by atoms with Gasteiger partial charge in [0.1, 0.15) is 5.75 Å². The lowest BCUT2D eigenvalue weighted by Crippen LogP contribution is -2.13. The first-order chi connectivity index (χ1) is 11.4. The van der Waals surface area contributed by atoms with Gasteiger partial charge in [0.2, 0.25) is 0 Å². The molecule has 2 aromatic rings. The average Bonchev–Trinajstić information content (AvgIpc) is 2.51. The Labute approximate surface area is 152 Å². The number of halogens is 1. The average molecular weight is 390 g/mol. The van der Waals surface area contributed by atoms with Crippen LogP contribution in [-0.4, -0.2) is 12.5 Å². The number of nitrogens with one attached hydrogen (secondary N) is 1.